The Labute approximate surface area is 155 Å². The standard InChI is InChI=1S/C20H16F3NO2S/c1-27(25,26)15-5-2-13(3-6-15)16-10-19(8-9-19)11-17(16)14-4-7-18(24-12-14)20(21,22)23/h2-7,10-12H,8-9H2,1H3. The summed E-state index contributed by atoms with van der Waals surface area (Å²) >= 11 is 0. The summed E-state index contributed by atoms with van der Waals surface area (Å²) in [6.07, 6.45) is 4.11. The zero-order chi connectivity index (χ0) is 19.4. The number of allylic oxidation sites excluding steroid dienone is 4. The van der Waals surface area contributed by atoms with Crippen LogP contribution in [0.3, 0.4) is 0 Å². The molecule has 0 atom stereocenters. The highest BCUT2D eigenvalue weighted by molar-refractivity contribution is 7.90. The maximum absolute atomic E-state index is 12.8. The van der Waals surface area contributed by atoms with Gasteiger partial charge in [-0.25, -0.2) is 8.42 Å². The smallest absolute Gasteiger partial charge is 0.251 e. The van der Waals surface area contributed by atoms with Crippen LogP contribution in [0.2, 0.25) is 0 Å². The third kappa shape index (κ3) is 3.43. The van der Waals surface area contributed by atoms with E-state index < -0.39 is 21.7 Å². The largest absolute Gasteiger partial charge is 0.433 e. The van der Waals surface area contributed by atoms with Gasteiger partial charge >= 0.3 is 6.18 Å². The molecule has 0 unspecified atom stereocenters. The first-order chi connectivity index (χ1) is 12.6. The molecule has 1 spiro atoms. The van der Waals surface area contributed by atoms with E-state index in [0.29, 0.717) is 5.56 Å². The third-order valence-electron chi connectivity index (χ3n) is 4.94. The molecule has 27 heavy (non-hydrogen) atoms. The van der Waals surface area contributed by atoms with Crippen LogP contribution in [0.25, 0.3) is 11.1 Å². The van der Waals surface area contributed by atoms with Gasteiger partial charge in [0.1, 0.15) is 5.69 Å². The maximum atomic E-state index is 12.8. The number of hydrogen-bond donors (Lipinski definition) is 0. The Kier molecular flexibility index (Phi) is 3.86. The molecular weight excluding hydrogens is 375 g/mol. The lowest BCUT2D eigenvalue weighted by Gasteiger charge is -2.11. The van der Waals surface area contributed by atoms with E-state index >= 15 is 0 Å². The van der Waals surface area contributed by atoms with Crippen molar-refractivity contribution >= 4 is 21.0 Å². The van der Waals surface area contributed by atoms with Crippen LogP contribution >= 0.6 is 0 Å². The Morgan fingerprint density at radius 3 is 1.93 bits per heavy atom. The second-order valence-corrected chi connectivity index (χ2v) is 9.09. The Bertz CT molecular complexity index is 1060. The van der Waals surface area contributed by atoms with E-state index in [9.17, 15) is 21.6 Å². The lowest BCUT2D eigenvalue weighted by molar-refractivity contribution is -0.141. The summed E-state index contributed by atoms with van der Waals surface area (Å²) in [5.74, 6) is 0. The van der Waals surface area contributed by atoms with Crippen LogP contribution in [0.1, 0.15) is 29.7 Å². The highest BCUT2D eigenvalue weighted by Crippen LogP contribution is 2.57. The van der Waals surface area contributed by atoms with Crippen molar-refractivity contribution in [2.75, 3.05) is 6.26 Å². The molecule has 1 aromatic heterocycles. The van der Waals surface area contributed by atoms with Gasteiger partial charge in [0.05, 0.1) is 4.90 Å². The van der Waals surface area contributed by atoms with Crippen LogP contribution in [0.15, 0.2) is 59.6 Å². The van der Waals surface area contributed by atoms with Gasteiger partial charge in [-0.15, -0.1) is 0 Å². The predicted molar refractivity (Wildman–Crippen MR) is 96.4 cm³/mol. The number of halogens is 3. The van der Waals surface area contributed by atoms with Crippen molar-refractivity contribution in [3.63, 3.8) is 0 Å². The fourth-order valence-electron chi connectivity index (χ4n) is 3.29. The van der Waals surface area contributed by atoms with E-state index in [-0.39, 0.29) is 10.3 Å². The summed E-state index contributed by atoms with van der Waals surface area (Å²) in [5, 5.41) is 0. The number of aromatic nitrogens is 1. The maximum Gasteiger partial charge on any atom is 0.433 e. The van der Waals surface area contributed by atoms with Crippen LogP contribution < -0.4 is 0 Å². The fourth-order valence-corrected chi connectivity index (χ4v) is 3.92. The zero-order valence-electron chi connectivity index (χ0n) is 14.4. The molecule has 1 aromatic carbocycles. The van der Waals surface area contributed by atoms with E-state index in [2.05, 4.69) is 17.1 Å². The van der Waals surface area contributed by atoms with Gasteiger partial charge in [-0.3, -0.25) is 4.98 Å². The Morgan fingerprint density at radius 1 is 0.926 bits per heavy atom. The van der Waals surface area contributed by atoms with Crippen molar-refractivity contribution in [2.45, 2.75) is 23.9 Å². The van der Waals surface area contributed by atoms with Crippen LogP contribution in [-0.4, -0.2) is 19.7 Å². The first-order valence-electron chi connectivity index (χ1n) is 8.38. The lowest BCUT2D eigenvalue weighted by atomic mass is 9.96. The number of pyridine rings is 1. The van der Waals surface area contributed by atoms with E-state index in [4.69, 9.17) is 0 Å². The molecule has 1 fully saturated rings. The molecule has 1 heterocycles. The molecule has 1 saturated carbocycles. The fraction of sp³-hybridized carbons (Fsp3) is 0.250. The average molecular weight is 391 g/mol. The average Bonchev–Trinajstić information content (AvgIpc) is 3.24. The SMILES string of the molecule is CS(=O)(=O)c1ccc(C2=CC3(C=C2c2ccc(C(F)(F)F)nc2)CC3)cc1. The van der Waals surface area contributed by atoms with Crippen LogP contribution in [-0.2, 0) is 16.0 Å². The van der Waals surface area contributed by atoms with Gasteiger partial charge < -0.3 is 0 Å². The van der Waals surface area contributed by atoms with Gasteiger partial charge in [0, 0.05) is 23.4 Å². The quantitative estimate of drug-likeness (QED) is 0.758. The van der Waals surface area contributed by atoms with Crippen LogP contribution in [0.5, 0.6) is 0 Å². The number of rotatable bonds is 3. The molecule has 2 aliphatic carbocycles. The molecule has 0 aliphatic heterocycles. The molecule has 7 heteroatoms. The molecule has 3 nitrogen and oxygen atoms in total. The number of sulfone groups is 1. The second kappa shape index (κ2) is 5.79. The zero-order valence-corrected chi connectivity index (χ0v) is 15.2. The van der Waals surface area contributed by atoms with E-state index in [0.717, 1.165) is 41.9 Å². The lowest BCUT2D eigenvalue weighted by Crippen LogP contribution is -2.07. The van der Waals surface area contributed by atoms with Crippen molar-refractivity contribution in [1.29, 1.82) is 0 Å². The normalized spacial score (nSPS) is 18.4. The van der Waals surface area contributed by atoms with E-state index in [1.54, 1.807) is 24.3 Å². The van der Waals surface area contributed by atoms with Crippen LogP contribution in [0, 0.1) is 5.41 Å². The number of nitrogens with zero attached hydrogens (tertiary/aromatic N) is 1. The topological polar surface area (TPSA) is 47.0 Å². The highest BCUT2D eigenvalue weighted by atomic mass is 32.2. The Morgan fingerprint density at radius 2 is 1.48 bits per heavy atom. The third-order valence-corrected chi connectivity index (χ3v) is 6.07. The molecule has 2 aliphatic rings. The number of alkyl halides is 3. The molecule has 0 N–H and O–H groups in total. The van der Waals surface area contributed by atoms with Gasteiger partial charge in [0.15, 0.2) is 9.84 Å². The van der Waals surface area contributed by atoms with Crippen molar-refractivity contribution < 1.29 is 21.6 Å². The van der Waals surface area contributed by atoms with Crippen LogP contribution in [0.4, 0.5) is 13.2 Å². The predicted octanol–water partition coefficient (Wildman–Crippen LogP) is 4.76. The van der Waals surface area contributed by atoms with Gasteiger partial charge in [-0.05, 0) is 47.8 Å². The number of hydrogen-bond acceptors (Lipinski definition) is 3. The first-order valence-corrected chi connectivity index (χ1v) is 10.3. The molecule has 2 aromatic rings. The minimum atomic E-state index is -4.47. The molecule has 0 radical (unpaired) electrons. The second-order valence-electron chi connectivity index (χ2n) is 7.08. The minimum absolute atomic E-state index is 0.0388. The first kappa shape index (κ1) is 18.0. The monoisotopic (exact) mass is 391 g/mol. The van der Waals surface area contributed by atoms with E-state index in [1.807, 2.05) is 0 Å². The summed E-state index contributed by atoms with van der Waals surface area (Å²) < 4.78 is 61.6. The summed E-state index contributed by atoms with van der Waals surface area (Å²) in [5.41, 5.74) is 2.22. The van der Waals surface area contributed by atoms with Crippen molar-refractivity contribution in [1.82, 2.24) is 4.98 Å². The molecule has 0 bridgehead atoms. The van der Waals surface area contributed by atoms with Crippen molar-refractivity contribution in [3.05, 3.63) is 71.6 Å². The summed E-state index contributed by atoms with van der Waals surface area (Å²) in [7, 11) is -3.29. The van der Waals surface area contributed by atoms with Gasteiger partial charge in [0.2, 0.25) is 0 Å². The van der Waals surface area contributed by atoms with Crippen molar-refractivity contribution in [2.24, 2.45) is 5.41 Å². The Balaban J connectivity index is 1.72. The van der Waals surface area contributed by atoms with Gasteiger partial charge in [-0.1, -0.05) is 30.4 Å². The molecule has 0 saturated heterocycles. The summed E-state index contributed by atoms with van der Waals surface area (Å²) in [6.45, 7) is 0. The molecular formula is C20H16F3NO2S. The van der Waals surface area contributed by atoms with Crippen molar-refractivity contribution in [3.8, 4) is 0 Å². The highest BCUT2D eigenvalue weighted by Gasteiger charge is 2.43. The summed E-state index contributed by atoms with van der Waals surface area (Å²) in [4.78, 5) is 3.79. The molecule has 4 rings (SSSR count). The summed E-state index contributed by atoms with van der Waals surface area (Å²) in [6, 6.07) is 8.97. The number of benzene rings is 1. The Hall–Kier alpha value is -2.41. The van der Waals surface area contributed by atoms with E-state index in [1.165, 1.54) is 12.3 Å². The molecule has 140 valence electrons. The molecule has 0 amide bonds. The van der Waals surface area contributed by atoms with Gasteiger partial charge in [-0.2, -0.15) is 13.2 Å². The van der Waals surface area contributed by atoms with Gasteiger partial charge in [0.25, 0.3) is 0 Å². The minimum Gasteiger partial charge on any atom is -0.251 e.